The highest BCUT2D eigenvalue weighted by atomic mass is 35.5. The monoisotopic (exact) mass is 328 g/mol. The molecule has 1 aromatic carbocycles. The van der Waals surface area contributed by atoms with Crippen molar-refractivity contribution in [2.75, 3.05) is 0 Å². The maximum absolute atomic E-state index is 13.6. The van der Waals surface area contributed by atoms with Crippen LogP contribution >= 0.6 is 23.2 Å². The summed E-state index contributed by atoms with van der Waals surface area (Å²) in [6, 6.07) is 3.43. The molecule has 21 heavy (non-hydrogen) atoms. The Bertz CT molecular complexity index is 678. The van der Waals surface area contributed by atoms with E-state index >= 15 is 0 Å². The molecule has 5 heteroatoms. The summed E-state index contributed by atoms with van der Waals surface area (Å²) < 4.78 is 15.8. The number of imidazole rings is 1. The number of halogens is 3. The molecule has 0 aliphatic heterocycles. The highest BCUT2D eigenvalue weighted by Gasteiger charge is 2.31. The third kappa shape index (κ3) is 2.78. The Kier molecular flexibility index (Phi) is 3.91. The van der Waals surface area contributed by atoms with Gasteiger partial charge in [-0.05, 0) is 30.7 Å². The third-order valence-corrected chi connectivity index (χ3v) is 5.00. The molecular formula is C16H19Cl2FN2. The number of fused-ring (bicyclic) bond motifs is 1. The van der Waals surface area contributed by atoms with Crippen LogP contribution in [0.4, 0.5) is 4.39 Å². The molecule has 1 unspecified atom stereocenters. The van der Waals surface area contributed by atoms with Crippen LogP contribution in [0, 0.1) is 11.2 Å². The molecule has 2 aromatic rings. The minimum absolute atomic E-state index is 0.139. The molecule has 1 aromatic heterocycles. The molecule has 1 atom stereocenters. The van der Waals surface area contributed by atoms with E-state index in [0.717, 1.165) is 24.2 Å². The van der Waals surface area contributed by atoms with Crippen LogP contribution in [0.25, 0.3) is 11.0 Å². The summed E-state index contributed by atoms with van der Waals surface area (Å²) in [5.74, 6) is 0.695. The summed E-state index contributed by atoms with van der Waals surface area (Å²) in [4.78, 5) is 4.49. The molecule has 0 radical (unpaired) electrons. The summed E-state index contributed by atoms with van der Waals surface area (Å²) in [6.45, 7) is 4.59. The Balaban J connectivity index is 2.14. The van der Waals surface area contributed by atoms with E-state index in [0.29, 0.717) is 22.9 Å². The van der Waals surface area contributed by atoms with Crippen LogP contribution in [0.15, 0.2) is 12.1 Å². The topological polar surface area (TPSA) is 17.8 Å². The second-order valence-corrected chi connectivity index (χ2v) is 7.38. The van der Waals surface area contributed by atoms with Crippen molar-refractivity contribution < 1.29 is 4.39 Å². The van der Waals surface area contributed by atoms with Gasteiger partial charge in [0, 0.05) is 12.1 Å². The first kappa shape index (κ1) is 15.1. The largest absolute Gasteiger partial charge is 0.324 e. The Labute approximate surface area is 134 Å². The lowest BCUT2D eigenvalue weighted by Gasteiger charge is -2.36. The molecule has 1 aliphatic carbocycles. The second-order valence-electron chi connectivity index (χ2n) is 6.70. The van der Waals surface area contributed by atoms with Gasteiger partial charge in [0.2, 0.25) is 0 Å². The van der Waals surface area contributed by atoms with Crippen LogP contribution in [0.5, 0.6) is 0 Å². The van der Waals surface area contributed by atoms with Crippen LogP contribution in [0.3, 0.4) is 0 Å². The summed E-state index contributed by atoms with van der Waals surface area (Å²) >= 11 is 12.0. The second kappa shape index (κ2) is 5.44. The highest BCUT2D eigenvalue weighted by molar-refractivity contribution is 6.31. The fourth-order valence-electron chi connectivity index (χ4n) is 3.52. The number of alkyl halides is 1. The van der Waals surface area contributed by atoms with Gasteiger partial charge >= 0.3 is 0 Å². The number of hydrogen-bond acceptors (Lipinski definition) is 1. The van der Waals surface area contributed by atoms with Gasteiger partial charge in [-0.2, -0.15) is 0 Å². The first-order chi connectivity index (χ1) is 9.91. The molecule has 1 aliphatic rings. The van der Waals surface area contributed by atoms with Crippen molar-refractivity contribution in [1.82, 2.24) is 9.55 Å². The summed E-state index contributed by atoms with van der Waals surface area (Å²) in [5.41, 5.74) is 1.84. The molecule has 1 heterocycles. The molecule has 0 amide bonds. The quantitative estimate of drug-likeness (QED) is 0.645. The van der Waals surface area contributed by atoms with Gasteiger partial charge in [-0.3, -0.25) is 0 Å². The molecule has 0 bridgehead atoms. The molecule has 0 spiro atoms. The molecule has 3 rings (SSSR count). The minimum Gasteiger partial charge on any atom is -0.324 e. The van der Waals surface area contributed by atoms with Crippen LogP contribution in [0.2, 0.25) is 5.02 Å². The van der Waals surface area contributed by atoms with E-state index in [1.165, 1.54) is 18.9 Å². The van der Waals surface area contributed by atoms with Gasteiger partial charge in [0.25, 0.3) is 0 Å². The predicted molar refractivity (Wildman–Crippen MR) is 85.5 cm³/mol. The molecule has 1 saturated carbocycles. The predicted octanol–water partition coefficient (Wildman–Crippen LogP) is 5.71. The van der Waals surface area contributed by atoms with Crippen molar-refractivity contribution in [3.05, 3.63) is 28.8 Å². The molecule has 0 N–H and O–H groups in total. The molecular weight excluding hydrogens is 310 g/mol. The van der Waals surface area contributed by atoms with E-state index < -0.39 is 5.82 Å². The van der Waals surface area contributed by atoms with Crippen molar-refractivity contribution in [3.8, 4) is 0 Å². The lowest BCUT2D eigenvalue weighted by molar-refractivity contribution is 0.184. The first-order valence-electron chi connectivity index (χ1n) is 7.33. The van der Waals surface area contributed by atoms with E-state index in [9.17, 15) is 4.39 Å². The SMILES string of the molecule is CC1(C)CCCC(n2c(CCl)nc3cc(F)c(Cl)cc32)C1. The van der Waals surface area contributed by atoms with Crippen molar-refractivity contribution >= 4 is 34.2 Å². The van der Waals surface area contributed by atoms with Crippen molar-refractivity contribution in [3.63, 3.8) is 0 Å². The van der Waals surface area contributed by atoms with E-state index in [1.807, 2.05) is 0 Å². The van der Waals surface area contributed by atoms with Crippen molar-refractivity contribution in [1.29, 1.82) is 0 Å². The normalized spacial score (nSPS) is 21.9. The van der Waals surface area contributed by atoms with E-state index in [1.54, 1.807) is 6.07 Å². The average Bonchev–Trinajstić information content (AvgIpc) is 2.75. The van der Waals surface area contributed by atoms with Gasteiger partial charge in [-0.15, -0.1) is 11.6 Å². The number of hydrogen-bond donors (Lipinski definition) is 0. The standard InChI is InChI=1S/C16H19Cl2FN2/c1-16(2)5-3-4-10(8-16)21-14-6-11(18)12(19)7-13(14)20-15(21)9-17/h6-7,10H,3-5,8-9H2,1-2H3. The molecule has 0 saturated heterocycles. The minimum atomic E-state index is -0.432. The molecule has 114 valence electrons. The first-order valence-corrected chi connectivity index (χ1v) is 8.24. The number of benzene rings is 1. The molecule has 1 fully saturated rings. The van der Waals surface area contributed by atoms with Crippen LogP contribution < -0.4 is 0 Å². The maximum atomic E-state index is 13.6. The van der Waals surface area contributed by atoms with Crippen LogP contribution in [0.1, 0.15) is 51.4 Å². The summed E-state index contributed by atoms with van der Waals surface area (Å²) in [6.07, 6.45) is 4.61. The Hall–Kier alpha value is -0.800. The summed E-state index contributed by atoms with van der Waals surface area (Å²) in [5, 5.41) is 0.139. The van der Waals surface area contributed by atoms with E-state index in [-0.39, 0.29) is 5.02 Å². The number of nitrogens with zero attached hydrogens (tertiary/aromatic N) is 2. The van der Waals surface area contributed by atoms with Crippen molar-refractivity contribution in [2.45, 2.75) is 51.5 Å². The summed E-state index contributed by atoms with van der Waals surface area (Å²) in [7, 11) is 0. The highest BCUT2D eigenvalue weighted by Crippen LogP contribution is 2.43. The lowest BCUT2D eigenvalue weighted by Crippen LogP contribution is -2.25. The number of aromatic nitrogens is 2. The zero-order chi connectivity index (χ0) is 15.2. The van der Waals surface area contributed by atoms with Gasteiger partial charge in [-0.1, -0.05) is 31.9 Å². The number of rotatable bonds is 2. The van der Waals surface area contributed by atoms with Gasteiger partial charge in [0.05, 0.1) is 21.9 Å². The van der Waals surface area contributed by atoms with Crippen LogP contribution in [-0.4, -0.2) is 9.55 Å². The zero-order valence-electron chi connectivity index (χ0n) is 12.3. The fraction of sp³-hybridized carbons (Fsp3) is 0.562. The lowest BCUT2D eigenvalue weighted by atomic mass is 9.75. The van der Waals surface area contributed by atoms with Gasteiger partial charge in [0.1, 0.15) is 11.6 Å². The van der Waals surface area contributed by atoms with Crippen molar-refractivity contribution in [2.24, 2.45) is 5.41 Å². The Morgan fingerprint density at radius 1 is 1.43 bits per heavy atom. The fourth-order valence-corrected chi connectivity index (χ4v) is 3.87. The van der Waals surface area contributed by atoms with Gasteiger partial charge < -0.3 is 4.57 Å². The Morgan fingerprint density at radius 2 is 2.19 bits per heavy atom. The van der Waals surface area contributed by atoms with Gasteiger partial charge in [0.15, 0.2) is 0 Å². The zero-order valence-corrected chi connectivity index (χ0v) is 13.8. The van der Waals surface area contributed by atoms with E-state index in [4.69, 9.17) is 23.2 Å². The average molecular weight is 329 g/mol. The maximum Gasteiger partial charge on any atom is 0.144 e. The van der Waals surface area contributed by atoms with E-state index in [2.05, 4.69) is 23.4 Å². The molecule has 2 nitrogen and oxygen atoms in total. The smallest absolute Gasteiger partial charge is 0.144 e. The van der Waals surface area contributed by atoms with Gasteiger partial charge in [-0.25, -0.2) is 9.37 Å². The third-order valence-electron chi connectivity index (χ3n) is 4.47. The Morgan fingerprint density at radius 3 is 2.86 bits per heavy atom. The van der Waals surface area contributed by atoms with Crippen LogP contribution in [-0.2, 0) is 5.88 Å².